The normalized spacial score (nSPS) is 15.5. The van der Waals surface area contributed by atoms with Gasteiger partial charge in [-0.1, -0.05) is 0 Å². The van der Waals surface area contributed by atoms with Gasteiger partial charge in [0.15, 0.2) is 0 Å². The maximum Gasteiger partial charge on any atom is 0.296 e. The number of aliphatic hydroxyl groups excluding tert-OH is 2. The van der Waals surface area contributed by atoms with Gasteiger partial charge < -0.3 is 15.5 Å². The van der Waals surface area contributed by atoms with E-state index in [1.54, 1.807) is 0 Å². The Kier molecular flexibility index (Phi) is 3.65. The number of fused-ring (bicyclic) bond motifs is 1. The van der Waals surface area contributed by atoms with Crippen molar-refractivity contribution in [3.05, 3.63) is 23.5 Å². The number of rotatable bonds is 4. The van der Waals surface area contributed by atoms with E-state index in [0.717, 1.165) is 17.8 Å². The summed E-state index contributed by atoms with van der Waals surface area (Å²) in [5.41, 5.74) is 0.289. The molecule has 1 aromatic carbocycles. The number of thioether (sulfide) groups is 1. The molecule has 0 spiro atoms. The van der Waals surface area contributed by atoms with Crippen molar-refractivity contribution in [3.8, 4) is 0 Å². The molecule has 0 aliphatic carbocycles. The predicted octanol–water partition coefficient (Wildman–Crippen LogP) is 0.406. The molecule has 1 atom stereocenters. The Labute approximate surface area is 106 Å². The molecule has 3 N–H and O–H groups in total. The fraction of sp³-hybridized carbons (Fsp3) is 0.273. The maximum atomic E-state index is 13.6. The number of carbonyl (C=O) groups is 2. The van der Waals surface area contributed by atoms with Crippen molar-refractivity contribution >= 4 is 29.1 Å². The summed E-state index contributed by atoms with van der Waals surface area (Å²) in [6.07, 6.45) is -0.945. The molecule has 0 saturated carbocycles. The van der Waals surface area contributed by atoms with Crippen LogP contribution in [-0.2, 0) is 4.79 Å². The molecule has 96 valence electrons. The van der Waals surface area contributed by atoms with Crippen LogP contribution in [0.3, 0.4) is 0 Å². The first-order valence-electron chi connectivity index (χ1n) is 5.14. The lowest BCUT2D eigenvalue weighted by molar-refractivity contribution is -0.112. The summed E-state index contributed by atoms with van der Waals surface area (Å²) in [6.45, 7) is -0.408. The van der Waals surface area contributed by atoms with E-state index in [-0.39, 0.29) is 21.9 Å². The lowest BCUT2D eigenvalue weighted by Crippen LogP contribution is -2.14. The van der Waals surface area contributed by atoms with Crippen molar-refractivity contribution in [1.82, 2.24) is 0 Å². The molecule has 1 aromatic rings. The largest absolute Gasteiger partial charge is 0.394 e. The molecule has 0 saturated heterocycles. The Balaban J connectivity index is 2.22. The van der Waals surface area contributed by atoms with Crippen LogP contribution in [0.5, 0.6) is 0 Å². The molecule has 0 radical (unpaired) electrons. The van der Waals surface area contributed by atoms with Crippen molar-refractivity contribution < 1.29 is 24.2 Å². The third kappa shape index (κ3) is 2.38. The zero-order chi connectivity index (χ0) is 13.3. The van der Waals surface area contributed by atoms with E-state index >= 15 is 0 Å². The van der Waals surface area contributed by atoms with Crippen LogP contribution < -0.4 is 5.32 Å². The lowest BCUT2D eigenvalue weighted by Gasteiger charge is -2.08. The molecule has 1 aliphatic rings. The second-order valence-electron chi connectivity index (χ2n) is 3.76. The highest BCUT2D eigenvalue weighted by molar-refractivity contribution is 7.99. The fourth-order valence-corrected chi connectivity index (χ4v) is 2.37. The zero-order valence-corrected chi connectivity index (χ0v) is 9.96. The minimum absolute atomic E-state index is 0.0181. The van der Waals surface area contributed by atoms with Gasteiger partial charge in [-0.3, -0.25) is 9.59 Å². The van der Waals surface area contributed by atoms with Crippen LogP contribution in [0, 0.1) is 5.82 Å². The second kappa shape index (κ2) is 5.05. The van der Waals surface area contributed by atoms with E-state index in [0.29, 0.717) is 0 Å². The number of anilines is 1. The molecule has 1 amide bonds. The molecule has 2 rings (SSSR count). The summed E-state index contributed by atoms with van der Waals surface area (Å²) in [7, 11) is 0. The quantitative estimate of drug-likeness (QED) is 0.545. The number of ketones is 1. The van der Waals surface area contributed by atoms with Crippen LogP contribution in [0.15, 0.2) is 17.0 Å². The molecule has 18 heavy (non-hydrogen) atoms. The molecule has 0 aromatic heterocycles. The molecule has 5 nitrogen and oxygen atoms in total. The van der Waals surface area contributed by atoms with E-state index in [1.807, 2.05) is 0 Å². The first-order valence-corrected chi connectivity index (χ1v) is 6.12. The summed E-state index contributed by atoms with van der Waals surface area (Å²) >= 11 is 1.00. The smallest absolute Gasteiger partial charge is 0.296 e. The number of Topliss-reactive ketones (excluding diaryl/α,β-unsaturated/α-hetero) is 1. The Hall–Kier alpha value is -1.44. The predicted molar refractivity (Wildman–Crippen MR) is 63.2 cm³/mol. The first-order chi connectivity index (χ1) is 8.52. The zero-order valence-electron chi connectivity index (χ0n) is 9.14. The van der Waals surface area contributed by atoms with Gasteiger partial charge in [0.05, 0.1) is 24.0 Å². The number of hydrogen-bond acceptors (Lipinski definition) is 5. The van der Waals surface area contributed by atoms with Crippen LogP contribution in [-0.4, -0.2) is 40.4 Å². The van der Waals surface area contributed by atoms with Crippen LogP contribution in [0.4, 0.5) is 10.1 Å². The summed E-state index contributed by atoms with van der Waals surface area (Å²) in [5, 5.41) is 20.2. The highest BCUT2D eigenvalue weighted by atomic mass is 32.2. The Bertz CT molecular complexity index is 520. The number of carbonyl (C=O) groups excluding carboxylic acids is 2. The second-order valence-corrected chi connectivity index (χ2v) is 4.82. The Morgan fingerprint density at radius 1 is 1.39 bits per heavy atom. The average molecular weight is 271 g/mol. The van der Waals surface area contributed by atoms with Gasteiger partial charge in [-0.2, -0.15) is 0 Å². The molecule has 7 heteroatoms. The van der Waals surface area contributed by atoms with Gasteiger partial charge in [0.2, 0.25) is 0 Å². The summed E-state index contributed by atoms with van der Waals surface area (Å²) < 4.78 is 13.6. The summed E-state index contributed by atoms with van der Waals surface area (Å²) in [5.74, 6) is -2.04. The minimum atomic E-state index is -0.945. The van der Waals surface area contributed by atoms with Gasteiger partial charge in [0.25, 0.3) is 11.7 Å². The lowest BCUT2D eigenvalue weighted by atomic mass is 10.1. The summed E-state index contributed by atoms with van der Waals surface area (Å²) in [6, 6.07) is 2.35. The number of halogens is 1. The average Bonchev–Trinajstić information content (AvgIpc) is 2.62. The number of aliphatic hydroxyl groups is 2. The van der Waals surface area contributed by atoms with E-state index in [4.69, 9.17) is 5.11 Å². The Morgan fingerprint density at radius 2 is 2.11 bits per heavy atom. The molecule has 1 unspecified atom stereocenters. The summed E-state index contributed by atoms with van der Waals surface area (Å²) in [4.78, 5) is 22.6. The third-order valence-corrected chi connectivity index (χ3v) is 3.59. The maximum absolute atomic E-state index is 13.6. The van der Waals surface area contributed by atoms with E-state index in [2.05, 4.69) is 5.32 Å². The van der Waals surface area contributed by atoms with Crippen LogP contribution in [0.1, 0.15) is 10.4 Å². The standard InChI is InChI=1S/C11H10FNO4S/c12-7-1-6-8(13-11(17)10(6)16)2-9(7)18-4-5(15)3-14/h1-2,5,14-15H,3-4H2,(H,13,16,17). The van der Waals surface area contributed by atoms with E-state index < -0.39 is 30.2 Å². The monoisotopic (exact) mass is 271 g/mol. The molecule has 0 bridgehead atoms. The minimum Gasteiger partial charge on any atom is -0.394 e. The van der Waals surface area contributed by atoms with Crippen LogP contribution in [0.2, 0.25) is 0 Å². The fourth-order valence-electron chi connectivity index (χ4n) is 1.50. The van der Waals surface area contributed by atoms with Gasteiger partial charge in [-0.15, -0.1) is 11.8 Å². The van der Waals surface area contributed by atoms with Gasteiger partial charge in [0.1, 0.15) is 5.82 Å². The SMILES string of the molecule is O=C1Nc2cc(SCC(O)CO)c(F)cc2C1=O. The Morgan fingerprint density at radius 3 is 2.78 bits per heavy atom. The van der Waals surface area contributed by atoms with Crippen molar-refractivity contribution in [2.24, 2.45) is 0 Å². The topological polar surface area (TPSA) is 86.6 Å². The number of hydrogen-bond donors (Lipinski definition) is 3. The van der Waals surface area contributed by atoms with E-state index in [9.17, 15) is 19.1 Å². The molecule has 1 aliphatic heterocycles. The highest BCUT2D eigenvalue weighted by Crippen LogP contribution is 2.31. The van der Waals surface area contributed by atoms with Gasteiger partial charge >= 0.3 is 0 Å². The van der Waals surface area contributed by atoms with E-state index in [1.165, 1.54) is 6.07 Å². The first kappa shape index (κ1) is 13.0. The molecular weight excluding hydrogens is 261 g/mol. The highest BCUT2D eigenvalue weighted by Gasteiger charge is 2.29. The molecular formula is C11H10FNO4S. The number of benzene rings is 1. The van der Waals surface area contributed by atoms with Crippen molar-refractivity contribution in [2.75, 3.05) is 17.7 Å². The van der Waals surface area contributed by atoms with Gasteiger partial charge in [0, 0.05) is 10.6 Å². The molecule has 0 fully saturated rings. The van der Waals surface area contributed by atoms with Crippen molar-refractivity contribution in [3.63, 3.8) is 0 Å². The van der Waals surface area contributed by atoms with Crippen molar-refractivity contribution in [2.45, 2.75) is 11.0 Å². The number of amides is 1. The third-order valence-electron chi connectivity index (χ3n) is 2.41. The van der Waals surface area contributed by atoms with Gasteiger partial charge in [-0.25, -0.2) is 4.39 Å². The van der Waals surface area contributed by atoms with Gasteiger partial charge in [-0.05, 0) is 12.1 Å². The number of nitrogens with one attached hydrogen (secondary N) is 1. The van der Waals surface area contributed by atoms with Crippen LogP contribution in [0.25, 0.3) is 0 Å². The molecule has 1 heterocycles. The van der Waals surface area contributed by atoms with Crippen LogP contribution >= 0.6 is 11.8 Å². The van der Waals surface area contributed by atoms with Crippen molar-refractivity contribution in [1.29, 1.82) is 0 Å².